The van der Waals surface area contributed by atoms with Crippen molar-refractivity contribution in [3.63, 3.8) is 0 Å². The Balaban J connectivity index is 0.000000705. The summed E-state index contributed by atoms with van der Waals surface area (Å²) in [6, 6.07) is 3.62. The highest BCUT2D eigenvalue weighted by Crippen LogP contribution is 2.29. The molecule has 1 aliphatic rings. The molecule has 1 unspecified atom stereocenters. The summed E-state index contributed by atoms with van der Waals surface area (Å²) >= 11 is 11.6. The van der Waals surface area contributed by atoms with Crippen LogP contribution < -0.4 is 11.1 Å². The zero-order valence-electron chi connectivity index (χ0n) is 13.0. The van der Waals surface area contributed by atoms with Gasteiger partial charge in [0.1, 0.15) is 0 Å². The first-order chi connectivity index (χ1) is 11.7. The van der Waals surface area contributed by atoms with Gasteiger partial charge in [0.2, 0.25) is 0 Å². The van der Waals surface area contributed by atoms with Crippen LogP contribution in [-0.2, 0) is 4.79 Å². The topological polar surface area (TPSA) is 139 Å². The molecule has 5 N–H and O–H groups in total. The van der Waals surface area contributed by atoms with Crippen LogP contribution >= 0.6 is 23.2 Å². The number of halogens is 2. The number of amides is 1. The van der Waals surface area contributed by atoms with Gasteiger partial charge in [0, 0.05) is 30.1 Å². The van der Waals surface area contributed by atoms with Gasteiger partial charge in [-0.25, -0.2) is 0 Å². The number of carbonyl (C=O) groups is 1. The highest BCUT2D eigenvalue weighted by atomic mass is 35.5. The molecule has 1 amide bonds. The van der Waals surface area contributed by atoms with Crippen LogP contribution in [0.25, 0.3) is 0 Å². The molecule has 1 aromatic carbocycles. The second-order valence-electron chi connectivity index (χ2n) is 4.95. The summed E-state index contributed by atoms with van der Waals surface area (Å²) in [5.74, 6) is -0.722. The lowest BCUT2D eigenvalue weighted by Gasteiger charge is -2.24. The van der Waals surface area contributed by atoms with E-state index in [0.29, 0.717) is 6.54 Å². The summed E-state index contributed by atoms with van der Waals surface area (Å²) < 4.78 is 0. The second kappa shape index (κ2) is 9.50. The SMILES string of the molecule is NCCO.O=C(Nc1ccc([N+](=O)[O-])cc1Cl)C1(O)C=C(Cl)C=CC1. The Hall–Kier alpha value is -1.97. The van der Waals surface area contributed by atoms with Gasteiger partial charge in [-0.15, -0.1) is 0 Å². The first-order valence-electron chi connectivity index (χ1n) is 7.07. The van der Waals surface area contributed by atoms with Gasteiger partial charge < -0.3 is 21.3 Å². The van der Waals surface area contributed by atoms with Crippen LogP contribution in [0.2, 0.25) is 5.02 Å². The van der Waals surface area contributed by atoms with Crippen molar-refractivity contribution in [1.82, 2.24) is 0 Å². The van der Waals surface area contributed by atoms with Gasteiger partial charge in [-0.2, -0.15) is 0 Å². The fourth-order valence-electron chi connectivity index (χ4n) is 1.79. The molecule has 0 aliphatic heterocycles. The highest BCUT2D eigenvalue weighted by molar-refractivity contribution is 6.34. The zero-order chi connectivity index (χ0) is 19.0. The van der Waals surface area contributed by atoms with Crippen molar-refractivity contribution in [2.75, 3.05) is 18.5 Å². The number of rotatable bonds is 4. The molecule has 0 heterocycles. The van der Waals surface area contributed by atoms with Crippen LogP contribution in [-0.4, -0.2) is 39.8 Å². The maximum Gasteiger partial charge on any atom is 0.271 e. The molecule has 0 fully saturated rings. The third-order valence-corrected chi connectivity index (χ3v) is 3.56. The summed E-state index contributed by atoms with van der Waals surface area (Å²) in [5.41, 5.74) is 2.97. The summed E-state index contributed by atoms with van der Waals surface area (Å²) in [5, 5.41) is 31.3. The van der Waals surface area contributed by atoms with Crippen molar-refractivity contribution in [2.24, 2.45) is 5.73 Å². The maximum atomic E-state index is 12.1. The number of nitro benzene ring substituents is 1. The lowest BCUT2D eigenvalue weighted by atomic mass is 9.94. The van der Waals surface area contributed by atoms with Gasteiger partial charge in [0.05, 0.1) is 22.2 Å². The number of non-ortho nitro benzene ring substituents is 1. The maximum absolute atomic E-state index is 12.1. The Labute approximate surface area is 153 Å². The molecule has 136 valence electrons. The molecule has 0 spiro atoms. The van der Waals surface area contributed by atoms with Gasteiger partial charge in [-0.05, 0) is 18.2 Å². The molecule has 1 atom stereocenters. The standard InChI is InChI=1S/C13H10Cl2N2O4.C2H7NO/c14-8-2-1-5-13(19,7-8)12(18)16-11-4-3-9(17(20)21)6-10(11)15;3-1-2-4/h1-4,6-7,19H,5H2,(H,16,18);4H,1-3H2. The molecule has 0 aromatic heterocycles. The lowest BCUT2D eigenvalue weighted by Crippen LogP contribution is -2.41. The molecule has 10 heteroatoms. The van der Waals surface area contributed by atoms with Gasteiger partial charge in [0.15, 0.2) is 5.60 Å². The molecule has 8 nitrogen and oxygen atoms in total. The number of benzene rings is 1. The van der Waals surface area contributed by atoms with Gasteiger partial charge >= 0.3 is 0 Å². The monoisotopic (exact) mass is 389 g/mol. The number of aliphatic hydroxyl groups is 2. The molecular formula is C15H17Cl2N3O5. The van der Waals surface area contributed by atoms with E-state index >= 15 is 0 Å². The molecule has 25 heavy (non-hydrogen) atoms. The average Bonchev–Trinajstić information content (AvgIpc) is 2.56. The Morgan fingerprint density at radius 1 is 1.44 bits per heavy atom. The fourth-order valence-corrected chi connectivity index (χ4v) is 2.29. The Morgan fingerprint density at radius 2 is 2.08 bits per heavy atom. The number of nitrogens with zero attached hydrogens (tertiary/aromatic N) is 1. The van der Waals surface area contributed by atoms with E-state index < -0.39 is 16.4 Å². The Morgan fingerprint density at radius 3 is 2.56 bits per heavy atom. The minimum absolute atomic E-state index is 0.00239. The van der Waals surface area contributed by atoms with E-state index in [0.717, 1.165) is 6.07 Å². The number of hydrogen-bond donors (Lipinski definition) is 4. The Bertz CT molecular complexity index is 706. The Kier molecular flexibility index (Phi) is 8.01. The van der Waals surface area contributed by atoms with E-state index in [1.807, 2.05) is 0 Å². The van der Waals surface area contributed by atoms with E-state index in [4.69, 9.17) is 34.0 Å². The number of anilines is 1. The predicted molar refractivity (Wildman–Crippen MR) is 95.5 cm³/mol. The smallest absolute Gasteiger partial charge is 0.271 e. The summed E-state index contributed by atoms with van der Waals surface area (Å²) in [6.07, 6.45) is 4.43. The summed E-state index contributed by atoms with van der Waals surface area (Å²) in [6.45, 7) is 0.472. The van der Waals surface area contributed by atoms with Crippen molar-refractivity contribution in [2.45, 2.75) is 12.0 Å². The molecular weight excluding hydrogens is 373 g/mol. The third kappa shape index (κ3) is 6.11. The first kappa shape index (κ1) is 21.1. The normalized spacial score (nSPS) is 18.7. The van der Waals surface area contributed by atoms with Crippen LogP contribution in [0, 0.1) is 10.1 Å². The number of nitrogens with one attached hydrogen (secondary N) is 1. The number of hydrogen-bond acceptors (Lipinski definition) is 6. The summed E-state index contributed by atoms with van der Waals surface area (Å²) in [4.78, 5) is 22.1. The van der Waals surface area contributed by atoms with E-state index in [9.17, 15) is 20.0 Å². The highest BCUT2D eigenvalue weighted by Gasteiger charge is 2.34. The van der Waals surface area contributed by atoms with Gasteiger partial charge in [-0.3, -0.25) is 14.9 Å². The van der Waals surface area contributed by atoms with Crippen molar-refractivity contribution >= 4 is 40.5 Å². The molecule has 0 radical (unpaired) electrons. The van der Waals surface area contributed by atoms with E-state index in [1.165, 1.54) is 18.2 Å². The summed E-state index contributed by atoms with van der Waals surface area (Å²) in [7, 11) is 0. The number of nitrogens with two attached hydrogens (primary N) is 1. The lowest BCUT2D eigenvalue weighted by molar-refractivity contribution is -0.384. The molecule has 2 rings (SSSR count). The fraction of sp³-hybridized carbons (Fsp3) is 0.267. The molecule has 1 aliphatic carbocycles. The number of allylic oxidation sites excluding steroid dienone is 2. The second-order valence-corrected chi connectivity index (χ2v) is 5.79. The van der Waals surface area contributed by atoms with E-state index in [1.54, 1.807) is 12.2 Å². The van der Waals surface area contributed by atoms with Crippen LogP contribution in [0.5, 0.6) is 0 Å². The van der Waals surface area contributed by atoms with Crippen molar-refractivity contribution in [3.05, 3.63) is 56.6 Å². The largest absolute Gasteiger partial charge is 0.395 e. The molecule has 0 saturated heterocycles. The third-order valence-electron chi connectivity index (χ3n) is 3.02. The van der Waals surface area contributed by atoms with Crippen molar-refractivity contribution in [1.29, 1.82) is 0 Å². The van der Waals surface area contributed by atoms with Crippen LogP contribution in [0.1, 0.15) is 6.42 Å². The predicted octanol–water partition coefficient (Wildman–Crippen LogP) is 1.94. The van der Waals surface area contributed by atoms with Crippen molar-refractivity contribution in [3.8, 4) is 0 Å². The van der Waals surface area contributed by atoms with Crippen LogP contribution in [0.15, 0.2) is 41.5 Å². The first-order valence-corrected chi connectivity index (χ1v) is 7.82. The van der Waals surface area contributed by atoms with Crippen LogP contribution in [0.4, 0.5) is 11.4 Å². The molecule has 0 saturated carbocycles. The number of carbonyl (C=O) groups excluding carboxylic acids is 1. The minimum Gasteiger partial charge on any atom is -0.395 e. The average molecular weight is 390 g/mol. The zero-order valence-corrected chi connectivity index (χ0v) is 14.5. The van der Waals surface area contributed by atoms with E-state index in [2.05, 4.69) is 5.32 Å². The van der Waals surface area contributed by atoms with E-state index in [-0.39, 0.29) is 34.5 Å². The molecule has 1 aromatic rings. The van der Waals surface area contributed by atoms with Crippen LogP contribution in [0.3, 0.4) is 0 Å². The van der Waals surface area contributed by atoms with Gasteiger partial charge in [-0.1, -0.05) is 29.3 Å². The van der Waals surface area contributed by atoms with Gasteiger partial charge in [0.25, 0.3) is 11.6 Å². The number of nitro groups is 1. The molecule has 0 bridgehead atoms. The quantitative estimate of drug-likeness (QED) is 0.458. The van der Waals surface area contributed by atoms with Crippen molar-refractivity contribution < 1.29 is 19.9 Å². The number of aliphatic hydroxyl groups excluding tert-OH is 1. The minimum atomic E-state index is -1.78.